The van der Waals surface area contributed by atoms with Gasteiger partial charge >= 0.3 is 0 Å². The summed E-state index contributed by atoms with van der Waals surface area (Å²) in [5.74, 6) is -1.89. The van der Waals surface area contributed by atoms with Crippen LogP contribution in [-0.2, 0) is 0 Å². The molecule has 0 heterocycles. The van der Waals surface area contributed by atoms with Crippen LogP contribution in [-0.4, -0.2) is 10.2 Å². The molecule has 2 N–H and O–H groups in total. The van der Waals surface area contributed by atoms with Crippen molar-refractivity contribution in [1.29, 1.82) is 0 Å². The fourth-order valence-electron chi connectivity index (χ4n) is 5.94. The molecule has 46 heavy (non-hydrogen) atoms. The van der Waals surface area contributed by atoms with Gasteiger partial charge in [0.25, 0.3) is 0 Å². The van der Waals surface area contributed by atoms with Crippen molar-refractivity contribution in [3.63, 3.8) is 0 Å². The summed E-state index contributed by atoms with van der Waals surface area (Å²) in [5.41, 5.74) is 7.03. The first-order valence-corrected chi connectivity index (χ1v) is 14.9. The predicted octanol–water partition coefficient (Wildman–Crippen LogP) is 11.4. The van der Waals surface area contributed by atoms with Gasteiger partial charge in [-0.2, -0.15) is 0 Å². The Labute approximate surface area is 266 Å². The Morgan fingerprint density at radius 3 is 1.07 bits per heavy atom. The van der Waals surface area contributed by atoms with Gasteiger partial charge in [0.2, 0.25) is 0 Å². The van der Waals surface area contributed by atoms with Crippen LogP contribution in [0.15, 0.2) is 158 Å². The third-order valence-electron chi connectivity index (χ3n) is 8.27. The standard InChI is InChI=1S/C42H28F2O2/c43-39-26-40(44)38(36-22-10-20-34(42(36)46)32-18-8-16-30(24-32)28-13-5-2-6-14-28)25-37(39)35-21-9-19-33(41(35)45)31-17-7-15-29(23-31)27-11-3-1-4-12-27/h1-26,45-46H. The van der Waals surface area contributed by atoms with Crippen LogP contribution in [0.2, 0.25) is 0 Å². The molecule has 0 aliphatic heterocycles. The summed E-state index contributed by atoms with van der Waals surface area (Å²) in [6.45, 7) is 0. The van der Waals surface area contributed by atoms with Crippen LogP contribution in [0.25, 0.3) is 66.8 Å². The lowest BCUT2D eigenvalue weighted by atomic mass is 9.91. The van der Waals surface area contributed by atoms with Crippen molar-refractivity contribution in [2.45, 2.75) is 0 Å². The summed E-state index contributed by atoms with van der Waals surface area (Å²) in [6, 6.07) is 47.7. The Morgan fingerprint density at radius 1 is 0.283 bits per heavy atom. The number of rotatable bonds is 6. The van der Waals surface area contributed by atoms with Gasteiger partial charge in [0.05, 0.1) is 0 Å². The molecule has 0 spiro atoms. The molecule has 222 valence electrons. The Bertz CT molecular complexity index is 2040. The summed E-state index contributed by atoms with van der Waals surface area (Å²) < 4.78 is 30.9. The van der Waals surface area contributed by atoms with Crippen molar-refractivity contribution in [3.05, 3.63) is 169 Å². The minimum absolute atomic E-state index is 0.0193. The Morgan fingerprint density at radius 2 is 0.630 bits per heavy atom. The van der Waals surface area contributed by atoms with E-state index < -0.39 is 11.6 Å². The van der Waals surface area contributed by atoms with Gasteiger partial charge in [-0.05, 0) is 51.6 Å². The van der Waals surface area contributed by atoms with E-state index in [1.807, 2.05) is 109 Å². The largest absolute Gasteiger partial charge is 0.507 e. The zero-order valence-electron chi connectivity index (χ0n) is 24.7. The number of hydrogen-bond donors (Lipinski definition) is 2. The maximum absolute atomic E-state index is 15.5. The fraction of sp³-hybridized carbons (Fsp3) is 0. The highest BCUT2D eigenvalue weighted by Crippen LogP contribution is 2.44. The normalized spacial score (nSPS) is 11.0. The SMILES string of the molecule is Oc1c(-c2cccc(-c3ccccc3)c2)cccc1-c1cc(-c2cccc(-c3cccc(-c4ccccc4)c3)c2O)c(F)cc1F. The van der Waals surface area contributed by atoms with E-state index in [4.69, 9.17) is 0 Å². The molecular formula is C42H28F2O2. The molecule has 0 fully saturated rings. The van der Waals surface area contributed by atoms with Crippen molar-refractivity contribution < 1.29 is 19.0 Å². The van der Waals surface area contributed by atoms with Crippen LogP contribution in [0.5, 0.6) is 11.5 Å². The molecule has 0 radical (unpaired) electrons. The molecule has 0 aliphatic rings. The Balaban J connectivity index is 1.30. The highest BCUT2D eigenvalue weighted by atomic mass is 19.1. The van der Waals surface area contributed by atoms with E-state index in [0.29, 0.717) is 11.1 Å². The van der Waals surface area contributed by atoms with Crippen molar-refractivity contribution in [2.75, 3.05) is 0 Å². The van der Waals surface area contributed by atoms with Crippen LogP contribution in [0.1, 0.15) is 0 Å². The summed E-state index contributed by atoms with van der Waals surface area (Å²) in [6.07, 6.45) is 0. The summed E-state index contributed by atoms with van der Waals surface area (Å²) in [4.78, 5) is 0. The number of benzene rings is 7. The van der Waals surface area contributed by atoms with Gasteiger partial charge in [-0.25, -0.2) is 8.78 Å². The molecule has 7 aromatic carbocycles. The predicted molar refractivity (Wildman–Crippen MR) is 182 cm³/mol. The maximum atomic E-state index is 15.5. The van der Waals surface area contributed by atoms with Gasteiger partial charge in [0.15, 0.2) is 0 Å². The average Bonchev–Trinajstić information content (AvgIpc) is 3.10. The lowest BCUT2D eigenvalue weighted by Gasteiger charge is -2.15. The van der Waals surface area contributed by atoms with E-state index >= 15 is 8.78 Å². The maximum Gasteiger partial charge on any atom is 0.134 e. The molecule has 0 bridgehead atoms. The number of phenols is 2. The van der Waals surface area contributed by atoms with Crippen molar-refractivity contribution >= 4 is 0 Å². The molecule has 7 aromatic rings. The highest BCUT2D eigenvalue weighted by Gasteiger charge is 2.21. The van der Waals surface area contributed by atoms with E-state index in [-0.39, 0.29) is 33.8 Å². The van der Waals surface area contributed by atoms with E-state index in [1.165, 1.54) is 6.07 Å². The molecule has 0 aliphatic carbocycles. The molecule has 0 saturated carbocycles. The summed E-state index contributed by atoms with van der Waals surface area (Å²) >= 11 is 0. The van der Waals surface area contributed by atoms with Crippen LogP contribution in [0, 0.1) is 11.6 Å². The number of hydrogen-bond acceptors (Lipinski definition) is 2. The topological polar surface area (TPSA) is 40.5 Å². The van der Waals surface area contributed by atoms with E-state index in [1.54, 1.807) is 36.4 Å². The summed E-state index contributed by atoms with van der Waals surface area (Å²) in [7, 11) is 0. The molecule has 0 atom stereocenters. The van der Waals surface area contributed by atoms with Gasteiger partial charge in [0.1, 0.15) is 23.1 Å². The third-order valence-corrected chi connectivity index (χ3v) is 8.27. The summed E-state index contributed by atoms with van der Waals surface area (Å²) in [5, 5.41) is 22.9. The second-order valence-corrected chi connectivity index (χ2v) is 11.1. The lowest BCUT2D eigenvalue weighted by Crippen LogP contribution is -1.94. The Hall–Kier alpha value is -6.00. The van der Waals surface area contributed by atoms with E-state index in [2.05, 4.69) is 0 Å². The third kappa shape index (κ3) is 5.42. The van der Waals surface area contributed by atoms with Crippen LogP contribution >= 0.6 is 0 Å². The first-order valence-electron chi connectivity index (χ1n) is 14.9. The molecule has 0 saturated heterocycles. The molecule has 4 heteroatoms. The van der Waals surface area contributed by atoms with Gasteiger partial charge in [-0.15, -0.1) is 0 Å². The van der Waals surface area contributed by atoms with Gasteiger partial charge in [-0.3, -0.25) is 0 Å². The quantitative estimate of drug-likeness (QED) is 0.199. The Kier molecular flexibility index (Phi) is 7.61. The molecule has 0 amide bonds. The number of aromatic hydroxyl groups is 2. The zero-order chi connectivity index (χ0) is 31.6. The van der Waals surface area contributed by atoms with Crippen LogP contribution in [0.3, 0.4) is 0 Å². The van der Waals surface area contributed by atoms with Gasteiger partial charge in [0, 0.05) is 39.4 Å². The second kappa shape index (κ2) is 12.2. The zero-order valence-corrected chi connectivity index (χ0v) is 24.7. The molecule has 0 aromatic heterocycles. The molecule has 2 nitrogen and oxygen atoms in total. The van der Waals surface area contributed by atoms with Gasteiger partial charge in [-0.1, -0.05) is 133 Å². The minimum Gasteiger partial charge on any atom is -0.507 e. The van der Waals surface area contributed by atoms with E-state index in [9.17, 15) is 10.2 Å². The monoisotopic (exact) mass is 602 g/mol. The molecular weight excluding hydrogens is 574 g/mol. The van der Waals surface area contributed by atoms with E-state index in [0.717, 1.165) is 39.4 Å². The fourth-order valence-corrected chi connectivity index (χ4v) is 5.94. The first-order chi connectivity index (χ1) is 22.5. The first kappa shape index (κ1) is 28.8. The van der Waals surface area contributed by atoms with Crippen LogP contribution in [0.4, 0.5) is 8.78 Å². The van der Waals surface area contributed by atoms with Crippen molar-refractivity contribution in [2.24, 2.45) is 0 Å². The average molecular weight is 603 g/mol. The number of para-hydroxylation sites is 2. The molecule has 0 unspecified atom stereocenters. The van der Waals surface area contributed by atoms with Crippen molar-refractivity contribution in [1.82, 2.24) is 0 Å². The minimum atomic E-state index is -0.821. The number of phenolic OH excluding ortho intramolecular Hbond substituents is 2. The van der Waals surface area contributed by atoms with Gasteiger partial charge < -0.3 is 10.2 Å². The van der Waals surface area contributed by atoms with Crippen molar-refractivity contribution in [3.8, 4) is 78.3 Å². The lowest BCUT2D eigenvalue weighted by molar-refractivity contribution is 0.478. The molecule has 7 rings (SSSR count). The highest BCUT2D eigenvalue weighted by molar-refractivity contribution is 5.88. The second-order valence-electron chi connectivity index (χ2n) is 11.1. The number of halogens is 2. The van der Waals surface area contributed by atoms with Crippen LogP contribution < -0.4 is 0 Å². The smallest absolute Gasteiger partial charge is 0.134 e.